The summed E-state index contributed by atoms with van der Waals surface area (Å²) in [5, 5.41) is 3.14. The van der Waals surface area contributed by atoms with E-state index in [2.05, 4.69) is 72.6 Å². The van der Waals surface area contributed by atoms with Crippen molar-refractivity contribution in [1.29, 1.82) is 0 Å². The van der Waals surface area contributed by atoms with E-state index in [1.807, 2.05) is 11.8 Å². The molecule has 2 aromatic carbocycles. The first kappa shape index (κ1) is 19.8. The number of piperidine rings is 1. The van der Waals surface area contributed by atoms with E-state index in [0.717, 1.165) is 44.0 Å². The Balaban J connectivity index is 1.33. The van der Waals surface area contributed by atoms with Crippen LogP contribution in [0.25, 0.3) is 0 Å². The highest BCUT2D eigenvalue weighted by Gasteiger charge is 2.24. The topological polar surface area (TPSA) is 32.3 Å². The van der Waals surface area contributed by atoms with Crippen LogP contribution < -0.4 is 10.2 Å². The maximum atomic E-state index is 12.4. The minimum absolute atomic E-state index is 0.160. The highest BCUT2D eigenvalue weighted by Crippen LogP contribution is 2.23. The molecule has 0 saturated carbocycles. The first-order chi connectivity index (χ1) is 13.1. The number of aryl methyl sites for hydroxylation is 2. The number of benzene rings is 2. The number of amides is 1. The number of carbonyl (C=O) groups is 1. The second kappa shape index (κ2) is 9.84. The Morgan fingerprint density at radius 1 is 1.07 bits per heavy atom. The van der Waals surface area contributed by atoms with Gasteiger partial charge in [0.25, 0.3) is 0 Å². The van der Waals surface area contributed by atoms with Crippen molar-refractivity contribution >= 4 is 23.4 Å². The highest BCUT2D eigenvalue weighted by atomic mass is 32.2. The zero-order chi connectivity index (χ0) is 19.1. The molecule has 0 aliphatic carbocycles. The minimum Gasteiger partial charge on any atom is -0.371 e. The van der Waals surface area contributed by atoms with Crippen molar-refractivity contribution in [3.8, 4) is 0 Å². The third-order valence-electron chi connectivity index (χ3n) is 5.33. The fraction of sp³-hybridized carbons (Fsp3) is 0.435. The molecule has 3 rings (SSSR count). The first-order valence-electron chi connectivity index (χ1n) is 9.85. The number of nitrogens with one attached hydrogen (secondary N) is 1. The van der Waals surface area contributed by atoms with Gasteiger partial charge in [-0.05, 0) is 49.9 Å². The molecule has 144 valence electrons. The lowest BCUT2D eigenvalue weighted by Gasteiger charge is -2.33. The lowest BCUT2D eigenvalue weighted by Crippen LogP contribution is -2.41. The molecule has 0 aromatic heterocycles. The molecule has 3 nitrogen and oxygen atoms in total. The Labute approximate surface area is 167 Å². The van der Waals surface area contributed by atoms with Crippen molar-refractivity contribution in [3.63, 3.8) is 0 Å². The largest absolute Gasteiger partial charge is 0.371 e. The van der Waals surface area contributed by atoms with Crippen LogP contribution in [-0.4, -0.2) is 31.3 Å². The maximum absolute atomic E-state index is 12.4. The molecule has 1 heterocycles. The van der Waals surface area contributed by atoms with Crippen LogP contribution in [0.15, 0.2) is 48.5 Å². The van der Waals surface area contributed by atoms with Crippen LogP contribution >= 0.6 is 11.8 Å². The van der Waals surface area contributed by atoms with Crippen molar-refractivity contribution in [1.82, 2.24) is 5.32 Å². The number of carbonyl (C=O) groups excluding carboxylic acids is 1. The summed E-state index contributed by atoms with van der Waals surface area (Å²) in [7, 11) is 0. The summed E-state index contributed by atoms with van der Waals surface area (Å²) in [5.74, 6) is 2.36. The second-order valence-corrected chi connectivity index (χ2v) is 8.47. The lowest BCUT2D eigenvalue weighted by atomic mass is 9.95. The fourth-order valence-electron chi connectivity index (χ4n) is 3.50. The van der Waals surface area contributed by atoms with Gasteiger partial charge >= 0.3 is 0 Å². The van der Waals surface area contributed by atoms with Crippen LogP contribution in [0.1, 0.15) is 29.5 Å². The van der Waals surface area contributed by atoms with Crippen LogP contribution in [-0.2, 0) is 10.5 Å². The van der Waals surface area contributed by atoms with E-state index < -0.39 is 0 Å². The van der Waals surface area contributed by atoms with Gasteiger partial charge in [0.2, 0.25) is 5.91 Å². The summed E-state index contributed by atoms with van der Waals surface area (Å²) in [4.78, 5) is 14.8. The van der Waals surface area contributed by atoms with Gasteiger partial charge in [0.05, 0.1) is 0 Å². The summed E-state index contributed by atoms with van der Waals surface area (Å²) >= 11 is 1.88. The van der Waals surface area contributed by atoms with Crippen molar-refractivity contribution in [3.05, 3.63) is 65.2 Å². The molecule has 2 aromatic rings. The standard InChI is InChI=1S/C23H30N2OS/c1-18-7-9-22(10-8-18)25-14-11-20(12-15-25)23(26)24-13-16-27-17-21-6-4-3-5-19(21)2/h3-10,20H,11-17H2,1-2H3,(H,24,26). The molecule has 1 N–H and O–H groups in total. The van der Waals surface area contributed by atoms with Gasteiger partial charge in [0.1, 0.15) is 0 Å². The molecule has 1 saturated heterocycles. The molecule has 1 fully saturated rings. The first-order valence-corrected chi connectivity index (χ1v) is 11.0. The molecule has 1 amide bonds. The lowest BCUT2D eigenvalue weighted by molar-refractivity contribution is -0.125. The minimum atomic E-state index is 0.160. The zero-order valence-electron chi connectivity index (χ0n) is 16.4. The smallest absolute Gasteiger partial charge is 0.223 e. The normalized spacial score (nSPS) is 15.0. The maximum Gasteiger partial charge on any atom is 0.223 e. The van der Waals surface area contributed by atoms with Gasteiger partial charge < -0.3 is 10.2 Å². The number of thioether (sulfide) groups is 1. The van der Waals surface area contributed by atoms with Crippen LogP contribution in [0.5, 0.6) is 0 Å². The van der Waals surface area contributed by atoms with E-state index in [0.29, 0.717) is 0 Å². The zero-order valence-corrected chi connectivity index (χ0v) is 17.2. The fourth-order valence-corrected chi connectivity index (χ4v) is 4.43. The molecular formula is C23H30N2OS. The van der Waals surface area contributed by atoms with Crippen molar-refractivity contribution in [2.75, 3.05) is 30.3 Å². The van der Waals surface area contributed by atoms with Gasteiger partial charge in [0.15, 0.2) is 0 Å². The number of hydrogen-bond donors (Lipinski definition) is 1. The van der Waals surface area contributed by atoms with Gasteiger partial charge in [-0.2, -0.15) is 11.8 Å². The van der Waals surface area contributed by atoms with Crippen LogP contribution in [0.2, 0.25) is 0 Å². The van der Waals surface area contributed by atoms with Crippen LogP contribution in [0.4, 0.5) is 5.69 Å². The van der Waals surface area contributed by atoms with Gasteiger partial charge in [-0.3, -0.25) is 4.79 Å². The van der Waals surface area contributed by atoms with E-state index in [1.165, 1.54) is 22.4 Å². The average Bonchev–Trinajstić information content (AvgIpc) is 2.69. The van der Waals surface area contributed by atoms with E-state index in [1.54, 1.807) is 0 Å². The summed E-state index contributed by atoms with van der Waals surface area (Å²) in [6.07, 6.45) is 1.88. The number of hydrogen-bond acceptors (Lipinski definition) is 3. The Kier molecular flexibility index (Phi) is 7.22. The van der Waals surface area contributed by atoms with Gasteiger partial charge in [-0.25, -0.2) is 0 Å². The molecule has 0 spiro atoms. The Morgan fingerprint density at radius 3 is 2.48 bits per heavy atom. The van der Waals surface area contributed by atoms with Crippen LogP contribution in [0.3, 0.4) is 0 Å². The van der Waals surface area contributed by atoms with Crippen molar-refractivity contribution < 1.29 is 4.79 Å². The number of anilines is 1. The monoisotopic (exact) mass is 382 g/mol. The predicted octanol–water partition coefficient (Wildman–Crippen LogP) is 4.57. The highest BCUT2D eigenvalue weighted by molar-refractivity contribution is 7.98. The van der Waals surface area contributed by atoms with E-state index in [4.69, 9.17) is 0 Å². The summed E-state index contributed by atoms with van der Waals surface area (Å²) in [6.45, 7) is 6.94. The summed E-state index contributed by atoms with van der Waals surface area (Å²) in [5.41, 5.74) is 5.28. The summed E-state index contributed by atoms with van der Waals surface area (Å²) in [6, 6.07) is 17.2. The molecule has 0 bridgehead atoms. The SMILES string of the molecule is Cc1ccc(N2CCC(C(=O)NCCSCc3ccccc3C)CC2)cc1. The van der Waals surface area contributed by atoms with E-state index >= 15 is 0 Å². The molecule has 0 radical (unpaired) electrons. The van der Waals surface area contributed by atoms with E-state index in [9.17, 15) is 4.79 Å². The Hall–Kier alpha value is -1.94. The Morgan fingerprint density at radius 2 is 1.78 bits per heavy atom. The molecule has 27 heavy (non-hydrogen) atoms. The molecule has 1 aliphatic heterocycles. The Bertz CT molecular complexity index is 736. The van der Waals surface area contributed by atoms with Gasteiger partial charge in [-0.15, -0.1) is 0 Å². The molecule has 0 unspecified atom stereocenters. The molecule has 0 atom stereocenters. The van der Waals surface area contributed by atoms with Crippen molar-refractivity contribution in [2.24, 2.45) is 5.92 Å². The molecule has 1 aliphatic rings. The molecular weight excluding hydrogens is 352 g/mol. The average molecular weight is 383 g/mol. The molecule has 4 heteroatoms. The predicted molar refractivity (Wildman–Crippen MR) is 116 cm³/mol. The van der Waals surface area contributed by atoms with Gasteiger partial charge in [0, 0.05) is 42.7 Å². The quantitative estimate of drug-likeness (QED) is 0.712. The summed E-state index contributed by atoms with van der Waals surface area (Å²) < 4.78 is 0. The number of rotatable bonds is 7. The van der Waals surface area contributed by atoms with Crippen LogP contribution in [0, 0.1) is 19.8 Å². The van der Waals surface area contributed by atoms with E-state index in [-0.39, 0.29) is 11.8 Å². The second-order valence-electron chi connectivity index (χ2n) is 7.37. The number of nitrogens with zero attached hydrogens (tertiary/aromatic N) is 1. The van der Waals surface area contributed by atoms with Gasteiger partial charge in [-0.1, -0.05) is 42.0 Å². The van der Waals surface area contributed by atoms with Crippen molar-refractivity contribution in [2.45, 2.75) is 32.4 Å². The third-order valence-corrected chi connectivity index (χ3v) is 6.34. The third kappa shape index (κ3) is 5.77.